The molecule has 0 atom stereocenters. The highest BCUT2D eigenvalue weighted by Crippen LogP contribution is 2.09. The van der Waals surface area contributed by atoms with Gasteiger partial charge in [0, 0.05) is 26.1 Å². The van der Waals surface area contributed by atoms with E-state index < -0.39 is 0 Å². The van der Waals surface area contributed by atoms with Crippen LogP contribution in [-0.4, -0.2) is 29.7 Å². The van der Waals surface area contributed by atoms with E-state index in [0.717, 1.165) is 12.2 Å². The van der Waals surface area contributed by atoms with Crippen molar-refractivity contribution in [3.8, 4) is 0 Å². The van der Waals surface area contributed by atoms with Crippen molar-refractivity contribution >= 4 is 11.8 Å². The number of likely N-dealkylation sites (N-methyl/N-ethyl adjacent to an activating group) is 1. The zero-order valence-electron chi connectivity index (χ0n) is 8.99. The third-order valence-electron chi connectivity index (χ3n) is 1.89. The smallest absolute Gasteiger partial charge is 0.323 e. The van der Waals surface area contributed by atoms with E-state index >= 15 is 0 Å². The molecule has 1 N–H and O–H groups in total. The molecule has 0 saturated carbocycles. The molecule has 0 saturated heterocycles. The highest BCUT2D eigenvalue weighted by atomic mass is 16.5. The average molecular weight is 209 g/mol. The molecule has 1 aromatic rings. The fraction of sp³-hybridized carbons (Fsp3) is 0.400. The van der Waals surface area contributed by atoms with Crippen molar-refractivity contribution in [2.24, 2.45) is 0 Å². The summed E-state index contributed by atoms with van der Waals surface area (Å²) in [7, 11) is 1.68. The number of carbonyl (C=O) groups excluding carboxylic acids is 1. The third kappa shape index (κ3) is 3.12. The lowest BCUT2D eigenvalue weighted by Gasteiger charge is -2.13. The number of aryl methyl sites for hydroxylation is 1. The molecule has 0 spiro atoms. The van der Waals surface area contributed by atoms with Gasteiger partial charge in [0.2, 0.25) is 0 Å². The SMILES string of the molecule is C=CCN(C)C(=O)Nc1cc(CC)on1. The standard InChI is InChI=1S/C10H15N3O2/c1-4-6-13(3)10(14)11-9-7-8(5-2)15-12-9/h4,7H,1,5-6H2,2-3H3,(H,11,12,14). The zero-order valence-corrected chi connectivity index (χ0v) is 8.99. The van der Waals surface area contributed by atoms with Crippen LogP contribution in [0.1, 0.15) is 12.7 Å². The molecular weight excluding hydrogens is 194 g/mol. The third-order valence-corrected chi connectivity index (χ3v) is 1.89. The van der Waals surface area contributed by atoms with Gasteiger partial charge in [-0.25, -0.2) is 4.79 Å². The number of hydrogen-bond donors (Lipinski definition) is 1. The maximum Gasteiger partial charge on any atom is 0.323 e. The Morgan fingerprint density at radius 1 is 1.80 bits per heavy atom. The fourth-order valence-corrected chi connectivity index (χ4v) is 1.02. The first kappa shape index (κ1) is 11.3. The van der Waals surface area contributed by atoms with E-state index in [1.807, 2.05) is 6.92 Å². The highest BCUT2D eigenvalue weighted by Gasteiger charge is 2.09. The summed E-state index contributed by atoms with van der Waals surface area (Å²) in [6, 6.07) is 1.48. The number of carbonyl (C=O) groups is 1. The molecule has 0 aliphatic heterocycles. The molecule has 15 heavy (non-hydrogen) atoms. The van der Waals surface area contributed by atoms with Gasteiger partial charge in [0.15, 0.2) is 5.82 Å². The summed E-state index contributed by atoms with van der Waals surface area (Å²) < 4.78 is 4.95. The molecule has 0 aromatic carbocycles. The normalized spacial score (nSPS) is 9.73. The van der Waals surface area contributed by atoms with E-state index in [1.54, 1.807) is 19.2 Å². The van der Waals surface area contributed by atoms with Crippen molar-refractivity contribution in [2.75, 3.05) is 18.9 Å². The van der Waals surface area contributed by atoms with Gasteiger partial charge >= 0.3 is 6.03 Å². The predicted molar refractivity (Wildman–Crippen MR) is 57.7 cm³/mol. The second-order valence-corrected chi connectivity index (χ2v) is 3.13. The van der Waals surface area contributed by atoms with Gasteiger partial charge in [-0.15, -0.1) is 6.58 Å². The Morgan fingerprint density at radius 3 is 3.07 bits per heavy atom. The van der Waals surface area contributed by atoms with E-state index in [2.05, 4.69) is 17.1 Å². The summed E-state index contributed by atoms with van der Waals surface area (Å²) in [6.45, 7) is 6.00. The topological polar surface area (TPSA) is 58.4 Å². The van der Waals surface area contributed by atoms with Gasteiger partial charge in [-0.05, 0) is 0 Å². The largest absolute Gasteiger partial charge is 0.359 e. The van der Waals surface area contributed by atoms with Gasteiger partial charge in [0.1, 0.15) is 5.76 Å². The van der Waals surface area contributed by atoms with Crippen molar-refractivity contribution < 1.29 is 9.32 Å². The lowest BCUT2D eigenvalue weighted by Crippen LogP contribution is -2.31. The first-order chi connectivity index (χ1) is 7.17. The molecule has 5 heteroatoms. The van der Waals surface area contributed by atoms with Crippen LogP contribution in [0.3, 0.4) is 0 Å². The average Bonchev–Trinajstić information content (AvgIpc) is 2.66. The molecule has 0 fully saturated rings. The van der Waals surface area contributed by atoms with Crippen molar-refractivity contribution in [1.29, 1.82) is 0 Å². The minimum Gasteiger partial charge on any atom is -0.359 e. The Morgan fingerprint density at radius 2 is 2.53 bits per heavy atom. The minimum atomic E-state index is -0.231. The molecule has 0 aliphatic rings. The fourth-order valence-electron chi connectivity index (χ4n) is 1.02. The first-order valence-corrected chi connectivity index (χ1v) is 4.76. The number of aromatic nitrogens is 1. The van der Waals surface area contributed by atoms with Crippen LogP contribution < -0.4 is 5.32 Å². The summed E-state index contributed by atoms with van der Waals surface area (Å²) in [5.41, 5.74) is 0. The summed E-state index contributed by atoms with van der Waals surface area (Å²) in [4.78, 5) is 13.0. The van der Waals surface area contributed by atoms with Gasteiger partial charge in [-0.3, -0.25) is 5.32 Å². The van der Waals surface area contributed by atoms with Crippen molar-refractivity contribution in [1.82, 2.24) is 10.1 Å². The second-order valence-electron chi connectivity index (χ2n) is 3.13. The molecule has 5 nitrogen and oxygen atoms in total. The highest BCUT2D eigenvalue weighted by molar-refractivity contribution is 5.88. The van der Waals surface area contributed by atoms with Gasteiger partial charge in [-0.1, -0.05) is 18.2 Å². The number of rotatable bonds is 4. The Labute approximate surface area is 88.7 Å². The van der Waals surface area contributed by atoms with Gasteiger partial charge in [0.05, 0.1) is 0 Å². The van der Waals surface area contributed by atoms with E-state index in [1.165, 1.54) is 4.90 Å². The number of hydrogen-bond acceptors (Lipinski definition) is 3. The Bertz CT molecular complexity index is 346. The van der Waals surface area contributed by atoms with Crippen LogP contribution in [0, 0.1) is 0 Å². The van der Waals surface area contributed by atoms with Crippen LogP contribution in [0.15, 0.2) is 23.2 Å². The molecule has 2 amide bonds. The second kappa shape index (κ2) is 5.19. The van der Waals surface area contributed by atoms with Gasteiger partial charge in [-0.2, -0.15) is 0 Å². The molecule has 1 aromatic heterocycles. The van der Waals surface area contributed by atoms with Crippen LogP contribution in [0.5, 0.6) is 0 Å². The van der Waals surface area contributed by atoms with Crippen LogP contribution in [-0.2, 0) is 6.42 Å². The molecule has 0 radical (unpaired) electrons. The molecular formula is C10H15N3O2. The lowest BCUT2D eigenvalue weighted by molar-refractivity contribution is 0.226. The number of nitrogens with zero attached hydrogens (tertiary/aromatic N) is 2. The summed E-state index contributed by atoms with van der Waals surface area (Å²) in [6.07, 6.45) is 2.41. The molecule has 82 valence electrons. The quantitative estimate of drug-likeness (QED) is 0.770. The number of anilines is 1. The summed E-state index contributed by atoms with van der Waals surface area (Å²) in [5, 5.41) is 6.33. The van der Waals surface area contributed by atoms with Gasteiger partial charge in [0.25, 0.3) is 0 Å². The predicted octanol–water partition coefficient (Wildman–Crippen LogP) is 1.89. The Kier molecular flexibility index (Phi) is 3.91. The minimum absolute atomic E-state index is 0.231. The van der Waals surface area contributed by atoms with Crippen LogP contribution in [0.25, 0.3) is 0 Å². The monoisotopic (exact) mass is 209 g/mol. The zero-order chi connectivity index (χ0) is 11.3. The van der Waals surface area contributed by atoms with Crippen LogP contribution in [0.4, 0.5) is 10.6 Å². The van der Waals surface area contributed by atoms with E-state index in [0.29, 0.717) is 12.4 Å². The molecule has 0 bridgehead atoms. The van der Waals surface area contributed by atoms with E-state index in [9.17, 15) is 4.79 Å². The maximum absolute atomic E-state index is 11.5. The number of nitrogens with one attached hydrogen (secondary N) is 1. The van der Waals surface area contributed by atoms with Crippen LogP contribution >= 0.6 is 0 Å². The van der Waals surface area contributed by atoms with E-state index in [-0.39, 0.29) is 6.03 Å². The molecule has 1 heterocycles. The first-order valence-electron chi connectivity index (χ1n) is 4.76. The lowest BCUT2D eigenvalue weighted by atomic mass is 10.3. The summed E-state index contributed by atoms with van der Waals surface area (Å²) >= 11 is 0. The van der Waals surface area contributed by atoms with Gasteiger partial charge < -0.3 is 9.42 Å². The van der Waals surface area contributed by atoms with E-state index in [4.69, 9.17) is 4.52 Å². The Balaban J connectivity index is 2.53. The number of urea groups is 1. The number of amides is 2. The maximum atomic E-state index is 11.5. The van der Waals surface area contributed by atoms with Crippen LogP contribution in [0.2, 0.25) is 0 Å². The molecule has 1 rings (SSSR count). The molecule has 0 aliphatic carbocycles. The van der Waals surface area contributed by atoms with Crippen molar-refractivity contribution in [2.45, 2.75) is 13.3 Å². The molecule has 0 unspecified atom stereocenters. The Hall–Kier alpha value is -1.78. The summed E-state index contributed by atoms with van der Waals surface area (Å²) in [5.74, 6) is 1.18. The van der Waals surface area contributed by atoms with Crippen molar-refractivity contribution in [3.63, 3.8) is 0 Å². The van der Waals surface area contributed by atoms with Crippen molar-refractivity contribution in [3.05, 3.63) is 24.5 Å².